The van der Waals surface area contributed by atoms with Crippen LogP contribution in [0.4, 0.5) is 5.69 Å². The van der Waals surface area contributed by atoms with E-state index in [1.54, 1.807) is 24.3 Å². The van der Waals surface area contributed by atoms with Crippen LogP contribution in [-0.4, -0.2) is 37.3 Å². The second-order valence-electron chi connectivity index (χ2n) is 6.47. The van der Waals surface area contributed by atoms with Crippen LogP contribution in [0.5, 0.6) is 0 Å². The molecule has 0 saturated heterocycles. The van der Waals surface area contributed by atoms with Gasteiger partial charge in [-0.05, 0) is 43.2 Å². The fourth-order valence-electron chi connectivity index (χ4n) is 2.56. The summed E-state index contributed by atoms with van der Waals surface area (Å²) in [5.41, 5.74) is 3.07. The average Bonchev–Trinajstić information content (AvgIpc) is 2.72. The lowest BCUT2D eigenvalue weighted by Gasteiger charge is -2.10. The molecule has 0 atom stereocenters. The number of anilines is 1. The van der Waals surface area contributed by atoms with Crippen LogP contribution < -0.4 is 5.32 Å². The Morgan fingerprint density at radius 2 is 1.66 bits per heavy atom. The zero-order valence-electron chi connectivity index (χ0n) is 16.6. The van der Waals surface area contributed by atoms with Crippen LogP contribution >= 0.6 is 0 Å². The molecule has 2 rings (SSSR count). The van der Waals surface area contributed by atoms with Crippen molar-refractivity contribution < 1.29 is 28.7 Å². The first kappa shape index (κ1) is 21.8. The quantitative estimate of drug-likeness (QED) is 0.542. The average molecular weight is 397 g/mol. The molecule has 1 amide bonds. The highest BCUT2D eigenvalue weighted by atomic mass is 16.5. The van der Waals surface area contributed by atoms with Crippen LogP contribution in [0.25, 0.3) is 0 Å². The summed E-state index contributed by atoms with van der Waals surface area (Å²) in [6.45, 7) is 3.35. The first-order valence-corrected chi connectivity index (χ1v) is 9.05. The number of ketones is 1. The first-order chi connectivity index (χ1) is 13.8. The molecule has 0 spiro atoms. The molecule has 0 unspecified atom stereocenters. The number of hydrogen-bond acceptors (Lipinski definition) is 6. The molecule has 0 saturated carbocycles. The molecule has 0 bridgehead atoms. The number of benzene rings is 2. The van der Waals surface area contributed by atoms with Crippen LogP contribution in [-0.2, 0) is 19.1 Å². The van der Waals surface area contributed by atoms with E-state index in [0.717, 1.165) is 11.1 Å². The molecule has 1 N–H and O–H groups in total. The zero-order valence-corrected chi connectivity index (χ0v) is 16.6. The Bertz CT molecular complexity index is 935. The second-order valence-corrected chi connectivity index (χ2v) is 6.47. The van der Waals surface area contributed by atoms with Gasteiger partial charge in [0.1, 0.15) is 0 Å². The number of Topliss-reactive ketones (excluding diaryl/α,β-unsaturated/α-hetero) is 1. The van der Waals surface area contributed by atoms with E-state index >= 15 is 0 Å². The smallest absolute Gasteiger partial charge is 0.339 e. The van der Waals surface area contributed by atoms with Crippen LogP contribution in [0.2, 0.25) is 0 Å². The second kappa shape index (κ2) is 10.2. The minimum Gasteiger partial charge on any atom is -0.465 e. The molecule has 7 nitrogen and oxygen atoms in total. The number of methoxy groups -OCH3 is 1. The number of ether oxygens (including phenoxy) is 2. The maximum absolute atomic E-state index is 12.2. The predicted molar refractivity (Wildman–Crippen MR) is 107 cm³/mol. The van der Waals surface area contributed by atoms with E-state index in [9.17, 15) is 19.2 Å². The van der Waals surface area contributed by atoms with Crippen molar-refractivity contribution in [3.63, 3.8) is 0 Å². The van der Waals surface area contributed by atoms with Gasteiger partial charge in [-0.15, -0.1) is 0 Å². The maximum atomic E-state index is 12.2. The van der Waals surface area contributed by atoms with Crippen molar-refractivity contribution in [3.8, 4) is 0 Å². The summed E-state index contributed by atoms with van der Waals surface area (Å²) in [5.74, 6) is -2.02. The summed E-state index contributed by atoms with van der Waals surface area (Å²) in [6, 6.07) is 11.7. The van der Waals surface area contributed by atoms with Crippen molar-refractivity contribution in [2.24, 2.45) is 0 Å². The van der Waals surface area contributed by atoms with Gasteiger partial charge in [-0.3, -0.25) is 14.4 Å². The number of rotatable bonds is 8. The van der Waals surface area contributed by atoms with E-state index in [0.29, 0.717) is 5.56 Å². The lowest BCUT2D eigenvalue weighted by Crippen LogP contribution is -2.22. The van der Waals surface area contributed by atoms with Crippen LogP contribution in [0.1, 0.15) is 44.7 Å². The highest BCUT2D eigenvalue weighted by molar-refractivity contribution is 6.02. The van der Waals surface area contributed by atoms with Crippen molar-refractivity contribution in [1.82, 2.24) is 0 Å². The summed E-state index contributed by atoms with van der Waals surface area (Å²) in [4.78, 5) is 47.7. The van der Waals surface area contributed by atoms with Gasteiger partial charge < -0.3 is 14.8 Å². The van der Waals surface area contributed by atoms with Gasteiger partial charge in [0.25, 0.3) is 5.91 Å². The van der Waals surface area contributed by atoms with Gasteiger partial charge in [0.05, 0.1) is 24.8 Å². The molecule has 0 radical (unpaired) electrons. The Morgan fingerprint density at radius 1 is 0.931 bits per heavy atom. The first-order valence-electron chi connectivity index (χ1n) is 9.05. The zero-order chi connectivity index (χ0) is 21.4. The third-order valence-corrected chi connectivity index (χ3v) is 4.36. The maximum Gasteiger partial charge on any atom is 0.339 e. The highest BCUT2D eigenvalue weighted by Gasteiger charge is 2.15. The number of esters is 2. The van der Waals surface area contributed by atoms with Gasteiger partial charge in [-0.25, -0.2) is 4.79 Å². The summed E-state index contributed by atoms with van der Waals surface area (Å²) in [6.07, 6.45) is -0.133. The molecule has 7 heteroatoms. The number of carbonyl (C=O) groups excluding carboxylic acids is 4. The van der Waals surface area contributed by atoms with Crippen molar-refractivity contribution >= 4 is 29.3 Å². The third kappa shape index (κ3) is 6.27. The Hall–Kier alpha value is -3.48. The minimum atomic E-state index is -0.654. The van der Waals surface area contributed by atoms with Gasteiger partial charge in [0.15, 0.2) is 12.4 Å². The van der Waals surface area contributed by atoms with Crippen molar-refractivity contribution in [2.75, 3.05) is 19.0 Å². The molecule has 2 aromatic rings. The molecular formula is C22H23NO6. The van der Waals surface area contributed by atoms with E-state index in [1.165, 1.54) is 19.2 Å². The standard InChI is InChI=1S/C22H23NO6/c1-14-8-9-16(12-15(14)2)19(24)10-11-21(26)29-13-20(25)23-18-7-5-4-6-17(18)22(27)28-3/h4-9,12H,10-11,13H2,1-3H3,(H,23,25). The lowest BCUT2D eigenvalue weighted by molar-refractivity contribution is -0.147. The van der Waals surface area contributed by atoms with Gasteiger partial charge in [0, 0.05) is 12.0 Å². The van der Waals surface area contributed by atoms with E-state index in [2.05, 4.69) is 10.1 Å². The number of aryl methyl sites for hydroxylation is 2. The Morgan fingerprint density at radius 3 is 2.34 bits per heavy atom. The molecule has 0 aliphatic carbocycles. The van der Waals surface area contributed by atoms with E-state index in [-0.39, 0.29) is 29.9 Å². The molecule has 0 aliphatic heterocycles. The largest absolute Gasteiger partial charge is 0.465 e. The monoisotopic (exact) mass is 397 g/mol. The molecule has 29 heavy (non-hydrogen) atoms. The van der Waals surface area contributed by atoms with E-state index < -0.39 is 24.5 Å². The summed E-state index contributed by atoms with van der Waals surface area (Å²) >= 11 is 0. The van der Waals surface area contributed by atoms with Crippen molar-refractivity contribution in [2.45, 2.75) is 26.7 Å². The lowest BCUT2D eigenvalue weighted by atomic mass is 10.0. The molecule has 0 aromatic heterocycles. The normalized spacial score (nSPS) is 10.2. The fraction of sp³-hybridized carbons (Fsp3) is 0.273. The number of amides is 1. The van der Waals surface area contributed by atoms with Crippen LogP contribution in [0.3, 0.4) is 0 Å². The van der Waals surface area contributed by atoms with E-state index in [1.807, 2.05) is 19.9 Å². The number of para-hydroxylation sites is 1. The third-order valence-electron chi connectivity index (χ3n) is 4.36. The van der Waals surface area contributed by atoms with Crippen molar-refractivity contribution in [3.05, 3.63) is 64.7 Å². The Labute approximate surface area is 169 Å². The summed E-state index contributed by atoms with van der Waals surface area (Å²) < 4.78 is 9.57. The van der Waals surface area contributed by atoms with Gasteiger partial charge in [-0.2, -0.15) is 0 Å². The topological polar surface area (TPSA) is 98.8 Å². The van der Waals surface area contributed by atoms with Gasteiger partial charge in [0.2, 0.25) is 0 Å². The molecular weight excluding hydrogens is 374 g/mol. The van der Waals surface area contributed by atoms with Gasteiger partial charge in [-0.1, -0.05) is 24.3 Å². The molecule has 0 aliphatic rings. The Kier molecular flexibility index (Phi) is 7.65. The van der Waals surface area contributed by atoms with Crippen LogP contribution in [0, 0.1) is 13.8 Å². The molecule has 2 aromatic carbocycles. The Balaban J connectivity index is 1.82. The molecule has 0 heterocycles. The van der Waals surface area contributed by atoms with Crippen LogP contribution in [0.15, 0.2) is 42.5 Å². The van der Waals surface area contributed by atoms with Crippen molar-refractivity contribution in [1.29, 1.82) is 0 Å². The highest BCUT2D eigenvalue weighted by Crippen LogP contribution is 2.16. The SMILES string of the molecule is COC(=O)c1ccccc1NC(=O)COC(=O)CCC(=O)c1ccc(C)c(C)c1. The number of hydrogen-bond donors (Lipinski definition) is 1. The summed E-state index contributed by atoms with van der Waals surface area (Å²) in [7, 11) is 1.24. The summed E-state index contributed by atoms with van der Waals surface area (Å²) in [5, 5.41) is 2.50. The fourth-order valence-corrected chi connectivity index (χ4v) is 2.56. The number of carbonyl (C=O) groups is 4. The minimum absolute atomic E-state index is 0.00583. The number of nitrogens with one attached hydrogen (secondary N) is 1. The van der Waals surface area contributed by atoms with Gasteiger partial charge >= 0.3 is 11.9 Å². The van der Waals surface area contributed by atoms with E-state index in [4.69, 9.17) is 4.74 Å². The predicted octanol–water partition coefficient (Wildman–Crippen LogP) is 3.23. The molecule has 152 valence electrons. The molecule has 0 fully saturated rings.